The Labute approximate surface area is 288 Å². The summed E-state index contributed by atoms with van der Waals surface area (Å²) in [5, 5.41) is 2.46. The SMILES string of the molecule is c1ccc(-c2ccc(-c3nc(-c4cc(-c5ccccc5)cc(-c5ccccc5)c4)nc(-c4cccc5c4sc4ccccc45)n3)cc2)cc1. The van der Waals surface area contributed by atoms with E-state index >= 15 is 0 Å². The van der Waals surface area contributed by atoms with Crippen molar-refractivity contribution < 1.29 is 0 Å². The number of hydrogen-bond acceptors (Lipinski definition) is 4. The van der Waals surface area contributed by atoms with Crippen LogP contribution < -0.4 is 0 Å². The second kappa shape index (κ2) is 12.4. The van der Waals surface area contributed by atoms with Gasteiger partial charge in [-0.2, -0.15) is 0 Å². The molecule has 0 amide bonds. The first-order chi connectivity index (χ1) is 24.3. The molecule has 0 atom stereocenters. The topological polar surface area (TPSA) is 38.7 Å². The Morgan fingerprint density at radius 2 is 0.755 bits per heavy atom. The first-order valence-corrected chi connectivity index (χ1v) is 17.2. The molecule has 0 bridgehead atoms. The molecule has 0 N–H and O–H groups in total. The fourth-order valence-corrected chi connectivity index (χ4v) is 7.68. The lowest BCUT2D eigenvalue weighted by molar-refractivity contribution is 1.08. The van der Waals surface area contributed by atoms with E-state index in [1.807, 2.05) is 18.2 Å². The van der Waals surface area contributed by atoms with Gasteiger partial charge in [-0.3, -0.25) is 0 Å². The van der Waals surface area contributed by atoms with Crippen LogP contribution in [0.3, 0.4) is 0 Å². The van der Waals surface area contributed by atoms with Crippen LogP contribution in [0.1, 0.15) is 0 Å². The highest BCUT2D eigenvalue weighted by Gasteiger charge is 2.18. The highest BCUT2D eigenvalue weighted by Crippen LogP contribution is 2.40. The maximum absolute atomic E-state index is 5.24. The Morgan fingerprint density at radius 3 is 1.39 bits per heavy atom. The van der Waals surface area contributed by atoms with Crippen molar-refractivity contribution in [2.45, 2.75) is 0 Å². The van der Waals surface area contributed by atoms with Gasteiger partial charge in [-0.15, -0.1) is 11.3 Å². The molecule has 0 unspecified atom stereocenters. The number of aromatic nitrogens is 3. The molecule has 0 aliphatic heterocycles. The minimum absolute atomic E-state index is 0.639. The predicted octanol–water partition coefficient (Wildman–Crippen LogP) is 12.2. The maximum Gasteiger partial charge on any atom is 0.165 e. The summed E-state index contributed by atoms with van der Waals surface area (Å²) in [5.74, 6) is 1.94. The maximum atomic E-state index is 5.24. The summed E-state index contributed by atoms with van der Waals surface area (Å²) >= 11 is 1.79. The molecule has 4 heteroatoms. The van der Waals surface area contributed by atoms with Gasteiger partial charge in [0, 0.05) is 36.9 Å². The molecule has 9 rings (SSSR count). The largest absolute Gasteiger partial charge is 0.208 e. The predicted molar refractivity (Wildman–Crippen MR) is 205 cm³/mol. The quantitative estimate of drug-likeness (QED) is 0.181. The molecule has 0 saturated carbocycles. The fourth-order valence-electron chi connectivity index (χ4n) is 6.47. The monoisotopic (exact) mass is 643 g/mol. The minimum Gasteiger partial charge on any atom is -0.208 e. The van der Waals surface area contributed by atoms with Crippen molar-refractivity contribution in [3.05, 3.63) is 176 Å². The lowest BCUT2D eigenvalue weighted by Crippen LogP contribution is -2.01. The van der Waals surface area contributed by atoms with Crippen LogP contribution >= 0.6 is 11.3 Å². The molecular formula is C45H29N3S. The molecule has 0 aliphatic carbocycles. The number of nitrogens with zero attached hydrogens (tertiary/aromatic N) is 3. The second-order valence-corrected chi connectivity index (χ2v) is 13.1. The summed E-state index contributed by atoms with van der Waals surface area (Å²) in [6, 6.07) is 61.6. The Kier molecular flexibility index (Phi) is 7.34. The van der Waals surface area contributed by atoms with Crippen LogP contribution in [-0.2, 0) is 0 Å². The highest BCUT2D eigenvalue weighted by atomic mass is 32.1. The van der Waals surface area contributed by atoms with Gasteiger partial charge in [0.25, 0.3) is 0 Å². The third kappa shape index (κ3) is 5.58. The van der Waals surface area contributed by atoms with Crippen LogP contribution in [0.25, 0.3) is 87.7 Å². The van der Waals surface area contributed by atoms with E-state index in [9.17, 15) is 0 Å². The fraction of sp³-hybridized carbons (Fsp3) is 0. The molecule has 0 fully saturated rings. The van der Waals surface area contributed by atoms with Gasteiger partial charge in [-0.1, -0.05) is 146 Å². The van der Waals surface area contributed by atoms with Gasteiger partial charge >= 0.3 is 0 Å². The number of thiophene rings is 1. The summed E-state index contributed by atoms with van der Waals surface area (Å²) in [6.07, 6.45) is 0. The number of benzene rings is 7. The number of fused-ring (bicyclic) bond motifs is 3. The number of rotatable bonds is 6. The Bertz CT molecular complexity index is 2520. The zero-order valence-corrected chi connectivity index (χ0v) is 27.3. The van der Waals surface area contributed by atoms with Gasteiger partial charge in [0.15, 0.2) is 17.5 Å². The summed E-state index contributed by atoms with van der Waals surface area (Å²) in [4.78, 5) is 15.6. The van der Waals surface area contributed by atoms with Crippen molar-refractivity contribution in [2.24, 2.45) is 0 Å². The van der Waals surface area contributed by atoms with Crippen molar-refractivity contribution in [1.29, 1.82) is 0 Å². The lowest BCUT2D eigenvalue weighted by atomic mass is 9.96. The third-order valence-electron chi connectivity index (χ3n) is 8.94. The Balaban J connectivity index is 1.26. The molecule has 9 aromatic rings. The molecular weight excluding hydrogens is 615 g/mol. The van der Waals surface area contributed by atoms with Gasteiger partial charge in [0.1, 0.15) is 0 Å². The molecule has 3 nitrogen and oxygen atoms in total. The third-order valence-corrected chi connectivity index (χ3v) is 10.2. The van der Waals surface area contributed by atoms with Crippen LogP contribution in [0.15, 0.2) is 176 Å². The molecule has 0 radical (unpaired) electrons. The van der Waals surface area contributed by atoms with Crippen LogP contribution in [-0.4, -0.2) is 15.0 Å². The van der Waals surface area contributed by atoms with Crippen LogP contribution in [0, 0.1) is 0 Å². The van der Waals surface area contributed by atoms with E-state index in [0.717, 1.165) is 44.5 Å². The smallest absolute Gasteiger partial charge is 0.165 e. The summed E-state index contributed by atoms with van der Waals surface area (Å²) in [5.41, 5.74) is 9.71. The van der Waals surface area contributed by atoms with Crippen LogP contribution in [0.2, 0.25) is 0 Å². The van der Waals surface area contributed by atoms with E-state index in [1.165, 1.54) is 25.7 Å². The summed E-state index contributed by atoms with van der Waals surface area (Å²) < 4.78 is 2.42. The van der Waals surface area contributed by atoms with Crippen LogP contribution in [0.5, 0.6) is 0 Å². The van der Waals surface area contributed by atoms with E-state index in [2.05, 4.69) is 158 Å². The zero-order valence-electron chi connectivity index (χ0n) is 26.5. The second-order valence-electron chi connectivity index (χ2n) is 12.1. The molecule has 0 spiro atoms. The average Bonchev–Trinajstić information content (AvgIpc) is 3.58. The van der Waals surface area contributed by atoms with Crippen molar-refractivity contribution in [3.8, 4) is 67.5 Å². The lowest BCUT2D eigenvalue weighted by Gasteiger charge is -2.13. The Hall–Kier alpha value is -6.23. The van der Waals surface area contributed by atoms with Crippen molar-refractivity contribution in [2.75, 3.05) is 0 Å². The van der Waals surface area contributed by atoms with Crippen LogP contribution in [0.4, 0.5) is 0 Å². The van der Waals surface area contributed by atoms with Gasteiger partial charge < -0.3 is 0 Å². The molecule has 0 saturated heterocycles. The summed E-state index contributed by atoms with van der Waals surface area (Å²) in [6.45, 7) is 0. The first-order valence-electron chi connectivity index (χ1n) is 16.4. The molecule has 0 aliphatic rings. The van der Waals surface area contributed by atoms with E-state index in [4.69, 9.17) is 15.0 Å². The van der Waals surface area contributed by atoms with Gasteiger partial charge in [-0.05, 0) is 63.7 Å². The van der Waals surface area contributed by atoms with Gasteiger partial charge in [0.2, 0.25) is 0 Å². The molecule has 2 aromatic heterocycles. The average molecular weight is 644 g/mol. The molecule has 2 heterocycles. The van der Waals surface area contributed by atoms with Crippen molar-refractivity contribution >= 4 is 31.5 Å². The van der Waals surface area contributed by atoms with Gasteiger partial charge in [0.05, 0.1) is 0 Å². The van der Waals surface area contributed by atoms with Crippen molar-refractivity contribution in [3.63, 3.8) is 0 Å². The minimum atomic E-state index is 0.639. The summed E-state index contributed by atoms with van der Waals surface area (Å²) in [7, 11) is 0. The first kappa shape index (κ1) is 29.0. The molecule has 230 valence electrons. The highest BCUT2D eigenvalue weighted by molar-refractivity contribution is 7.26. The van der Waals surface area contributed by atoms with Gasteiger partial charge in [-0.25, -0.2) is 15.0 Å². The van der Waals surface area contributed by atoms with E-state index in [1.54, 1.807) is 11.3 Å². The normalized spacial score (nSPS) is 11.3. The zero-order chi connectivity index (χ0) is 32.6. The van der Waals surface area contributed by atoms with E-state index in [0.29, 0.717) is 17.5 Å². The standard InChI is InChI=1S/C45H29N3S/c1-4-13-30(14-5-1)33-23-25-34(26-24-33)43-46-44(48-45(47-43)40-21-12-20-39-38-19-10-11-22-41(38)49-42(39)40)37-28-35(31-15-6-2-7-16-31)27-36(29-37)32-17-8-3-9-18-32/h1-29H. The van der Waals surface area contributed by atoms with E-state index < -0.39 is 0 Å². The Morgan fingerprint density at radius 1 is 0.306 bits per heavy atom. The molecule has 7 aromatic carbocycles. The number of hydrogen-bond donors (Lipinski definition) is 0. The van der Waals surface area contributed by atoms with E-state index in [-0.39, 0.29) is 0 Å². The molecule has 49 heavy (non-hydrogen) atoms. The van der Waals surface area contributed by atoms with Crippen molar-refractivity contribution in [1.82, 2.24) is 15.0 Å².